The van der Waals surface area contributed by atoms with Gasteiger partial charge in [0.15, 0.2) is 0 Å². The summed E-state index contributed by atoms with van der Waals surface area (Å²) >= 11 is 0. The van der Waals surface area contributed by atoms with Crippen molar-refractivity contribution in [1.82, 2.24) is 15.1 Å². The van der Waals surface area contributed by atoms with Crippen LogP contribution in [-0.2, 0) is 16.0 Å². The van der Waals surface area contributed by atoms with Gasteiger partial charge < -0.3 is 15.1 Å². The van der Waals surface area contributed by atoms with E-state index >= 15 is 0 Å². The van der Waals surface area contributed by atoms with Crippen LogP contribution >= 0.6 is 0 Å². The molecule has 2 unspecified atom stereocenters. The molecule has 1 aromatic rings. The topological polar surface area (TPSA) is 52.7 Å². The number of nitrogens with zero attached hydrogens (tertiary/aromatic N) is 2. The number of hydrogen-bond donors (Lipinski definition) is 1. The Morgan fingerprint density at radius 1 is 1.17 bits per heavy atom. The molecule has 1 aromatic carbocycles. The highest BCUT2D eigenvalue weighted by molar-refractivity contribution is 5.89. The second-order valence-corrected chi connectivity index (χ2v) is 6.90. The Morgan fingerprint density at radius 2 is 1.96 bits per heavy atom. The van der Waals surface area contributed by atoms with Crippen LogP contribution in [0.3, 0.4) is 0 Å². The fraction of sp³-hybridized carbons (Fsp3) is 0.579. The first-order chi connectivity index (χ1) is 11.7. The number of amides is 2. The van der Waals surface area contributed by atoms with Crippen LogP contribution in [0.5, 0.6) is 0 Å². The summed E-state index contributed by atoms with van der Waals surface area (Å²) in [5, 5.41) is 3.19. The normalized spacial score (nSPS) is 23.7. The highest BCUT2D eigenvalue weighted by atomic mass is 16.2. The van der Waals surface area contributed by atoms with E-state index < -0.39 is 0 Å². The van der Waals surface area contributed by atoms with E-state index in [1.807, 2.05) is 42.3 Å². The van der Waals surface area contributed by atoms with Crippen molar-refractivity contribution in [3.8, 4) is 0 Å². The predicted molar refractivity (Wildman–Crippen MR) is 93.5 cm³/mol. The number of nitrogens with one attached hydrogen (secondary N) is 1. The molecule has 2 fully saturated rings. The van der Waals surface area contributed by atoms with Crippen molar-refractivity contribution in [3.05, 3.63) is 35.9 Å². The van der Waals surface area contributed by atoms with Crippen LogP contribution in [0.4, 0.5) is 0 Å². The summed E-state index contributed by atoms with van der Waals surface area (Å²) in [6.07, 6.45) is 3.15. The second kappa shape index (κ2) is 7.79. The maximum atomic E-state index is 12.9. The lowest BCUT2D eigenvalue weighted by Crippen LogP contribution is -2.47. The number of carbonyl (C=O) groups is 2. The molecule has 3 rings (SSSR count). The molecule has 130 valence electrons. The molecule has 2 atom stereocenters. The molecule has 0 bridgehead atoms. The van der Waals surface area contributed by atoms with Gasteiger partial charge in [-0.25, -0.2) is 0 Å². The molecule has 2 heterocycles. The molecule has 2 aliphatic rings. The lowest BCUT2D eigenvalue weighted by atomic mass is 10.1. The molecule has 0 saturated carbocycles. The van der Waals surface area contributed by atoms with Crippen molar-refractivity contribution in [2.24, 2.45) is 5.92 Å². The van der Waals surface area contributed by atoms with Gasteiger partial charge in [-0.05, 0) is 44.3 Å². The summed E-state index contributed by atoms with van der Waals surface area (Å²) in [5.74, 6) is 0.754. The zero-order valence-corrected chi connectivity index (χ0v) is 14.4. The zero-order chi connectivity index (χ0) is 16.9. The van der Waals surface area contributed by atoms with Crippen LogP contribution in [0, 0.1) is 5.92 Å². The van der Waals surface area contributed by atoms with Crippen molar-refractivity contribution >= 4 is 11.8 Å². The van der Waals surface area contributed by atoms with Gasteiger partial charge in [0.25, 0.3) is 0 Å². The van der Waals surface area contributed by atoms with Crippen molar-refractivity contribution in [1.29, 1.82) is 0 Å². The van der Waals surface area contributed by atoms with E-state index in [0.717, 1.165) is 44.5 Å². The number of hydrogen-bond acceptors (Lipinski definition) is 3. The summed E-state index contributed by atoms with van der Waals surface area (Å²) in [7, 11) is 1.95. The van der Waals surface area contributed by atoms with E-state index in [2.05, 4.69) is 5.32 Å². The van der Waals surface area contributed by atoms with Crippen LogP contribution in [0.1, 0.15) is 24.8 Å². The predicted octanol–water partition coefficient (Wildman–Crippen LogP) is 1.29. The van der Waals surface area contributed by atoms with Gasteiger partial charge >= 0.3 is 0 Å². The molecule has 1 N–H and O–H groups in total. The minimum Gasteiger partial charge on any atom is -0.341 e. The summed E-state index contributed by atoms with van der Waals surface area (Å²) in [6, 6.07) is 9.52. The zero-order valence-electron chi connectivity index (χ0n) is 14.4. The Morgan fingerprint density at radius 3 is 2.71 bits per heavy atom. The minimum absolute atomic E-state index is 0.0722. The van der Waals surface area contributed by atoms with Gasteiger partial charge in [-0.3, -0.25) is 9.59 Å². The Balaban J connectivity index is 1.60. The van der Waals surface area contributed by atoms with E-state index in [9.17, 15) is 9.59 Å². The molecule has 5 heteroatoms. The highest BCUT2D eigenvalue weighted by Crippen LogP contribution is 2.24. The lowest BCUT2D eigenvalue weighted by Gasteiger charge is -2.28. The first-order valence-electron chi connectivity index (χ1n) is 8.96. The summed E-state index contributed by atoms with van der Waals surface area (Å²) < 4.78 is 0. The molecule has 2 aliphatic heterocycles. The largest absolute Gasteiger partial charge is 0.341 e. The third-order valence-electron chi connectivity index (χ3n) is 5.15. The first kappa shape index (κ1) is 17.0. The van der Waals surface area contributed by atoms with E-state index in [1.165, 1.54) is 0 Å². The summed E-state index contributed by atoms with van der Waals surface area (Å²) in [6.45, 7) is 3.29. The molecule has 2 saturated heterocycles. The smallest absolute Gasteiger partial charge is 0.245 e. The maximum absolute atomic E-state index is 12.9. The summed E-state index contributed by atoms with van der Waals surface area (Å²) in [5.41, 5.74) is 1.01. The third kappa shape index (κ3) is 3.78. The molecular weight excluding hydrogens is 302 g/mol. The van der Waals surface area contributed by atoms with Crippen LogP contribution in [-0.4, -0.2) is 60.9 Å². The average Bonchev–Trinajstić information content (AvgIpc) is 3.25. The van der Waals surface area contributed by atoms with Gasteiger partial charge in [0, 0.05) is 19.6 Å². The SMILES string of the molecule is CNCC1CCN(C(=O)C2CCCN2C(=O)Cc2ccccc2)C1. The van der Waals surface area contributed by atoms with E-state index in [-0.39, 0.29) is 17.9 Å². The van der Waals surface area contributed by atoms with Gasteiger partial charge in [-0.2, -0.15) is 0 Å². The van der Waals surface area contributed by atoms with Crippen LogP contribution in [0.2, 0.25) is 0 Å². The van der Waals surface area contributed by atoms with Crippen molar-refractivity contribution in [2.75, 3.05) is 33.2 Å². The minimum atomic E-state index is -0.255. The Labute approximate surface area is 144 Å². The Hall–Kier alpha value is -1.88. The number of likely N-dealkylation sites (tertiary alicyclic amines) is 2. The lowest BCUT2D eigenvalue weighted by molar-refractivity contribution is -0.142. The van der Waals surface area contributed by atoms with Gasteiger partial charge in [0.2, 0.25) is 11.8 Å². The number of carbonyl (C=O) groups excluding carboxylic acids is 2. The standard InChI is InChI=1S/C19H27N3O2/c1-20-13-16-9-11-21(14-16)19(24)17-8-5-10-22(17)18(23)12-15-6-3-2-4-7-15/h2-4,6-7,16-17,20H,5,8-14H2,1H3. The Bertz CT molecular complexity index is 575. The monoisotopic (exact) mass is 329 g/mol. The Kier molecular flexibility index (Phi) is 5.51. The number of rotatable bonds is 5. The van der Waals surface area contributed by atoms with Gasteiger partial charge in [0.05, 0.1) is 6.42 Å². The second-order valence-electron chi connectivity index (χ2n) is 6.90. The molecular formula is C19H27N3O2. The maximum Gasteiger partial charge on any atom is 0.245 e. The molecule has 0 spiro atoms. The van der Waals surface area contributed by atoms with E-state index in [1.54, 1.807) is 4.90 Å². The molecule has 5 nitrogen and oxygen atoms in total. The molecule has 0 aromatic heterocycles. The fourth-order valence-electron chi connectivity index (χ4n) is 3.89. The van der Waals surface area contributed by atoms with Crippen molar-refractivity contribution in [3.63, 3.8) is 0 Å². The van der Waals surface area contributed by atoms with Crippen molar-refractivity contribution in [2.45, 2.75) is 31.7 Å². The number of benzene rings is 1. The van der Waals surface area contributed by atoms with E-state index in [0.29, 0.717) is 18.9 Å². The molecule has 2 amide bonds. The fourth-order valence-corrected chi connectivity index (χ4v) is 3.89. The van der Waals surface area contributed by atoms with E-state index in [4.69, 9.17) is 0 Å². The van der Waals surface area contributed by atoms with Crippen molar-refractivity contribution < 1.29 is 9.59 Å². The van der Waals surface area contributed by atoms with Crippen LogP contribution in [0.15, 0.2) is 30.3 Å². The van der Waals surface area contributed by atoms with Gasteiger partial charge in [-0.1, -0.05) is 30.3 Å². The first-order valence-corrected chi connectivity index (χ1v) is 8.96. The third-order valence-corrected chi connectivity index (χ3v) is 5.15. The van der Waals surface area contributed by atoms with Crippen LogP contribution < -0.4 is 5.32 Å². The summed E-state index contributed by atoms with van der Waals surface area (Å²) in [4.78, 5) is 29.3. The molecule has 24 heavy (non-hydrogen) atoms. The average molecular weight is 329 g/mol. The molecule has 0 radical (unpaired) electrons. The quantitative estimate of drug-likeness (QED) is 0.886. The van der Waals surface area contributed by atoms with Crippen LogP contribution in [0.25, 0.3) is 0 Å². The highest BCUT2D eigenvalue weighted by Gasteiger charge is 2.38. The van der Waals surface area contributed by atoms with Gasteiger partial charge in [-0.15, -0.1) is 0 Å². The molecule has 0 aliphatic carbocycles. The van der Waals surface area contributed by atoms with Gasteiger partial charge in [0.1, 0.15) is 6.04 Å².